The van der Waals surface area contributed by atoms with E-state index in [9.17, 15) is 14.6 Å². The van der Waals surface area contributed by atoms with Crippen molar-refractivity contribution in [2.75, 3.05) is 0 Å². The predicted molar refractivity (Wildman–Crippen MR) is 123 cm³/mol. The summed E-state index contributed by atoms with van der Waals surface area (Å²) in [5.41, 5.74) is 2.59. The number of aliphatic hydroxyl groups is 2. The van der Waals surface area contributed by atoms with E-state index in [-0.39, 0.29) is 0 Å². The summed E-state index contributed by atoms with van der Waals surface area (Å²) in [5, 5.41) is 20.1. The monoisotopic (exact) mass is 418 g/mol. The molecule has 0 bridgehead atoms. The van der Waals surface area contributed by atoms with E-state index in [2.05, 4.69) is 32.6 Å². The molecule has 3 rings (SSSR count). The number of allylic oxidation sites excluding steroid dienone is 3. The van der Waals surface area contributed by atoms with Crippen LogP contribution in [0.25, 0.3) is 0 Å². The fourth-order valence-corrected chi connectivity index (χ4v) is 6.72. The largest absolute Gasteiger partial charge is 0.393 e. The molecule has 30 heavy (non-hydrogen) atoms. The third-order valence-electron chi connectivity index (χ3n) is 8.42. The van der Waals surface area contributed by atoms with Gasteiger partial charge in [0.15, 0.2) is 0 Å². The van der Waals surface area contributed by atoms with Gasteiger partial charge in [0.1, 0.15) is 5.67 Å². The summed E-state index contributed by atoms with van der Waals surface area (Å²) in [7, 11) is 0. The van der Waals surface area contributed by atoms with Gasteiger partial charge < -0.3 is 10.2 Å². The number of halogens is 1. The zero-order valence-corrected chi connectivity index (χ0v) is 19.6. The van der Waals surface area contributed by atoms with E-state index in [1.165, 1.54) is 31.3 Å². The van der Waals surface area contributed by atoms with E-state index < -0.39 is 17.9 Å². The first-order valence-electron chi connectivity index (χ1n) is 12.1. The van der Waals surface area contributed by atoms with Crippen molar-refractivity contribution in [2.45, 2.75) is 110 Å². The van der Waals surface area contributed by atoms with Gasteiger partial charge in [-0.1, -0.05) is 51.0 Å². The second-order valence-corrected chi connectivity index (χ2v) is 11.3. The zero-order chi connectivity index (χ0) is 22.1. The molecule has 2 N–H and O–H groups in total. The van der Waals surface area contributed by atoms with Crippen molar-refractivity contribution in [1.29, 1.82) is 0 Å². The maximum Gasteiger partial charge on any atom is 0.105 e. The van der Waals surface area contributed by atoms with Gasteiger partial charge in [-0.15, -0.1) is 0 Å². The molecule has 0 heterocycles. The lowest BCUT2D eigenvalue weighted by molar-refractivity contribution is 0.0860. The summed E-state index contributed by atoms with van der Waals surface area (Å²) in [6, 6.07) is 0. The zero-order valence-electron chi connectivity index (χ0n) is 19.6. The molecule has 0 aliphatic heterocycles. The van der Waals surface area contributed by atoms with Crippen molar-refractivity contribution in [2.24, 2.45) is 23.2 Å². The molecule has 3 aliphatic rings. The molecule has 0 saturated heterocycles. The molecule has 2 nitrogen and oxygen atoms in total. The van der Waals surface area contributed by atoms with E-state index in [0.29, 0.717) is 36.5 Å². The Morgan fingerprint density at radius 2 is 2.00 bits per heavy atom. The number of hydrogen-bond donors (Lipinski definition) is 2. The van der Waals surface area contributed by atoms with Crippen LogP contribution in [0.5, 0.6) is 0 Å². The lowest BCUT2D eigenvalue weighted by Gasteiger charge is -2.44. The average molecular weight is 419 g/mol. The molecule has 0 amide bonds. The Balaban J connectivity index is 1.70. The van der Waals surface area contributed by atoms with Crippen LogP contribution in [-0.2, 0) is 0 Å². The van der Waals surface area contributed by atoms with E-state index in [0.717, 1.165) is 36.3 Å². The third-order valence-corrected chi connectivity index (χ3v) is 8.42. The van der Waals surface area contributed by atoms with Crippen molar-refractivity contribution in [3.05, 3.63) is 35.5 Å². The smallest absolute Gasteiger partial charge is 0.105 e. The topological polar surface area (TPSA) is 40.5 Å². The summed E-state index contributed by atoms with van der Waals surface area (Å²) in [4.78, 5) is 0. The van der Waals surface area contributed by atoms with Gasteiger partial charge in [0, 0.05) is 6.42 Å². The predicted octanol–water partition coefficient (Wildman–Crippen LogP) is 6.68. The molecule has 170 valence electrons. The summed E-state index contributed by atoms with van der Waals surface area (Å²) >= 11 is 0. The van der Waals surface area contributed by atoms with Gasteiger partial charge in [-0.3, -0.25) is 0 Å². The normalized spacial score (nSPS) is 38.8. The third kappa shape index (κ3) is 5.27. The minimum absolute atomic E-state index is 0.343. The fraction of sp³-hybridized carbons (Fsp3) is 0.778. The molecule has 0 radical (unpaired) electrons. The van der Waals surface area contributed by atoms with Gasteiger partial charge in [-0.2, -0.15) is 0 Å². The molecule has 3 saturated carbocycles. The summed E-state index contributed by atoms with van der Waals surface area (Å²) in [6.45, 7) is 12.3. The standard InChI is InChI=1S/C27H43FO2/c1-18(8-6-14-26(3,4)28)23-12-13-24-20(9-7-15-27(23,24)5)10-11-21-16-22(29)17-25(30)19(21)2/h10-11,18,22-25,29-30H,2,6-9,12-17H2,1,3-5H3/b20-10+,21-11+/t18-,22-,23-,24+,25+,27-/m1/s1. The fourth-order valence-electron chi connectivity index (χ4n) is 6.72. The van der Waals surface area contributed by atoms with E-state index in [1.807, 2.05) is 0 Å². The Kier molecular flexibility index (Phi) is 7.34. The molecule has 3 heteroatoms. The first-order valence-corrected chi connectivity index (χ1v) is 12.1. The number of rotatable bonds is 6. The van der Waals surface area contributed by atoms with E-state index in [4.69, 9.17) is 0 Å². The van der Waals surface area contributed by atoms with Crippen LogP contribution in [0, 0.1) is 23.2 Å². The molecular weight excluding hydrogens is 375 g/mol. The Hall–Kier alpha value is -0.930. The number of aliphatic hydroxyl groups excluding tert-OH is 2. The van der Waals surface area contributed by atoms with Crippen LogP contribution in [0.3, 0.4) is 0 Å². The van der Waals surface area contributed by atoms with E-state index >= 15 is 0 Å². The second-order valence-electron chi connectivity index (χ2n) is 11.3. The number of fused-ring (bicyclic) bond motifs is 1. The summed E-state index contributed by atoms with van der Waals surface area (Å²) in [6.07, 6.45) is 13.2. The van der Waals surface area contributed by atoms with Gasteiger partial charge in [0.2, 0.25) is 0 Å². The van der Waals surface area contributed by atoms with Crippen LogP contribution < -0.4 is 0 Å². The Morgan fingerprint density at radius 3 is 2.70 bits per heavy atom. The molecule has 0 spiro atoms. The quantitative estimate of drug-likeness (QED) is 0.505. The molecule has 0 unspecified atom stereocenters. The van der Waals surface area contributed by atoms with Gasteiger partial charge in [0.05, 0.1) is 12.2 Å². The Morgan fingerprint density at radius 1 is 1.27 bits per heavy atom. The first kappa shape index (κ1) is 23.7. The average Bonchev–Trinajstić information content (AvgIpc) is 3.00. The van der Waals surface area contributed by atoms with Crippen molar-refractivity contribution in [1.82, 2.24) is 0 Å². The van der Waals surface area contributed by atoms with Gasteiger partial charge in [-0.25, -0.2) is 4.39 Å². The maximum absolute atomic E-state index is 13.9. The number of hydrogen-bond acceptors (Lipinski definition) is 2. The van der Waals surface area contributed by atoms with E-state index in [1.54, 1.807) is 13.8 Å². The Labute approximate surface area is 183 Å². The van der Waals surface area contributed by atoms with Crippen molar-refractivity contribution < 1.29 is 14.6 Å². The summed E-state index contributed by atoms with van der Waals surface area (Å²) < 4.78 is 13.9. The van der Waals surface area contributed by atoms with Gasteiger partial charge in [-0.05, 0) is 93.1 Å². The lowest BCUT2D eigenvalue weighted by Crippen LogP contribution is -2.36. The molecule has 3 aliphatic carbocycles. The second kappa shape index (κ2) is 9.28. The molecule has 6 atom stereocenters. The minimum atomic E-state index is -1.06. The highest BCUT2D eigenvalue weighted by atomic mass is 19.1. The number of alkyl halides is 1. The van der Waals surface area contributed by atoms with Crippen LogP contribution in [0.15, 0.2) is 35.5 Å². The highest BCUT2D eigenvalue weighted by Crippen LogP contribution is 2.60. The Bertz CT molecular complexity index is 685. The van der Waals surface area contributed by atoms with Crippen LogP contribution in [-0.4, -0.2) is 28.1 Å². The highest BCUT2D eigenvalue weighted by molar-refractivity contribution is 5.38. The molecule has 0 aromatic heterocycles. The highest BCUT2D eigenvalue weighted by Gasteiger charge is 2.50. The van der Waals surface area contributed by atoms with Crippen LogP contribution >= 0.6 is 0 Å². The maximum atomic E-state index is 13.9. The van der Waals surface area contributed by atoms with Crippen LogP contribution in [0.1, 0.15) is 91.9 Å². The van der Waals surface area contributed by atoms with Crippen molar-refractivity contribution in [3.63, 3.8) is 0 Å². The molecule has 0 aromatic carbocycles. The van der Waals surface area contributed by atoms with Crippen molar-refractivity contribution in [3.8, 4) is 0 Å². The van der Waals surface area contributed by atoms with Gasteiger partial charge in [0.25, 0.3) is 0 Å². The van der Waals surface area contributed by atoms with Gasteiger partial charge >= 0.3 is 0 Å². The lowest BCUT2D eigenvalue weighted by atomic mass is 9.60. The molecule has 3 fully saturated rings. The SMILES string of the molecule is C=C1/C(=C/C=C2\CCC[C@]3(C)[C@@H]([C@H](C)CCCC(C)(C)F)CC[C@@H]23)C[C@@H](O)C[C@@H]1O. The van der Waals surface area contributed by atoms with Crippen LogP contribution in [0.2, 0.25) is 0 Å². The summed E-state index contributed by atoms with van der Waals surface area (Å²) in [5.74, 6) is 1.98. The molecule has 0 aromatic rings. The first-order chi connectivity index (χ1) is 14.0. The minimum Gasteiger partial charge on any atom is -0.393 e. The molecular formula is C27H43FO2. The van der Waals surface area contributed by atoms with Crippen LogP contribution in [0.4, 0.5) is 4.39 Å². The van der Waals surface area contributed by atoms with Crippen molar-refractivity contribution >= 4 is 0 Å².